The van der Waals surface area contributed by atoms with E-state index in [1.807, 2.05) is 6.07 Å². The number of amides is 1. The Labute approximate surface area is 75.8 Å². The quantitative estimate of drug-likeness (QED) is 0.525. The number of hydrogen-bond acceptors (Lipinski definition) is 4. The minimum absolute atomic E-state index is 0.0250. The Kier molecular flexibility index (Phi) is 1.91. The monoisotopic (exact) mass is 178 g/mol. The van der Waals surface area contributed by atoms with Gasteiger partial charge in [0, 0.05) is 12.1 Å². The van der Waals surface area contributed by atoms with E-state index in [4.69, 9.17) is 5.26 Å². The van der Waals surface area contributed by atoms with E-state index in [1.54, 1.807) is 6.20 Å². The van der Waals surface area contributed by atoms with Gasteiger partial charge in [0.15, 0.2) is 6.04 Å². The van der Waals surface area contributed by atoms with Crippen molar-refractivity contribution in [3.05, 3.63) is 11.9 Å². The van der Waals surface area contributed by atoms with Gasteiger partial charge in [-0.25, -0.2) is 5.43 Å². The van der Waals surface area contributed by atoms with Crippen LogP contribution in [0.15, 0.2) is 11.9 Å². The van der Waals surface area contributed by atoms with Crippen molar-refractivity contribution in [3.8, 4) is 6.07 Å². The average molecular weight is 178 g/mol. The van der Waals surface area contributed by atoms with Crippen LogP contribution < -0.4 is 16.2 Å². The molecule has 0 radical (unpaired) electrons. The summed E-state index contributed by atoms with van der Waals surface area (Å²) in [5.41, 5.74) is 6.00. The summed E-state index contributed by atoms with van der Waals surface area (Å²) in [7, 11) is 0. The van der Waals surface area contributed by atoms with Crippen LogP contribution in [0.4, 0.5) is 0 Å². The van der Waals surface area contributed by atoms with E-state index in [0.717, 1.165) is 12.8 Å². The van der Waals surface area contributed by atoms with Gasteiger partial charge in [0.2, 0.25) is 5.91 Å². The lowest BCUT2D eigenvalue weighted by Crippen LogP contribution is -2.35. The molecule has 0 spiro atoms. The molecule has 0 aromatic carbocycles. The second-order valence-electron chi connectivity index (χ2n) is 3.21. The molecule has 68 valence electrons. The molecule has 13 heavy (non-hydrogen) atoms. The SMILES string of the molecule is N#CC1NNC=C1NC(=O)C1CC1. The molecule has 1 saturated carbocycles. The highest BCUT2D eigenvalue weighted by molar-refractivity contribution is 5.82. The molecule has 5 heteroatoms. The van der Waals surface area contributed by atoms with Crippen LogP contribution >= 0.6 is 0 Å². The van der Waals surface area contributed by atoms with E-state index in [-0.39, 0.29) is 11.8 Å². The van der Waals surface area contributed by atoms with Gasteiger partial charge < -0.3 is 10.7 Å². The van der Waals surface area contributed by atoms with Gasteiger partial charge in [-0.2, -0.15) is 5.26 Å². The second kappa shape index (κ2) is 3.07. The van der Waals surface area contributed by atoms with Gasteiger partial charge >= 0.3 is 0 Å². The predicted molar refractivity (Wildman–Crippen MR) is 44.6 cm³/mol. The molecule has 1 heterocycles. The van der Waals surface area contributed by atoms with Crippen LogP contribution in [0, 0.1) is 17.2 Å². The number of nitrogens with one attached hydrogen (secondary N) is 3. The fourth-order valence-corrected chi connectivity index (χ4v) is 1.16. The summed E-state index contributed by atoms with van der Waals surface area (Å²) in [5.74, 6) is 0.192. The molecule has 2 rings (SSSR count). The van der Waals surface area contributed by atoms with Gasteiger partial charge in [0.25, 0.3) is 0 Å². The van der Waals surface area contributed by atoms with Gasteiger partial charge in [0.05, 0.1) is 11.8 Å². The molecule has 0 bridgehead atoms. The lowest BCUT2D eigenvalue weighted by Gasteiger charge is -2.07. The first-order chi connectivity index (χ1) is 6.31. The van der Waals surface area contributed by atoms with Crippen molar-refractivity contribution in [1.82, 2.24) is 16.2 Å². The van der Waals surface area contributed by atoms with Crippen molar-refractivity contribution in [2.45, 2.75) is 18.9 Å². The van der Waals surface area contributed by atoms with Gasteiger partial charge in [-0.15, -0.1) is 0 Å². The van der Waals surface area contributed by atoms with Crippen molar-refractivity contribution in [2.75, 3.05) is 0 Å². The number of rotatable bonds is 2. The van der Waals surface area contributed by atoms with Gasteiger partial charge in [-0.1, -0.05) is 0 Å². The van der Waals surface area contributed by atoms with E-state index in [2.05, 4.69) is 16.2 Å². The molecule has 0 aromatic rings. The van der Waals surface area contributed by atoms with Gasteiger partial charge in [-0.05, 0) is 12.8 Å². The minimum atomic E-state index is -0.442. The van der Waals surface area contributed by atoms with E-state index in [9.17, 15) is 4.79 Å². The zero-order valence-corrected chi connectivity index (χ0v) is 7.00. The number of hydrogen-bond donors (Lipinski definition) is 3. The first-order valence-electron chi connectivity index (χ1n) is 4.23. The molecular formula is C8H10N4O. The van der Waals surface area contributed by atoms with Crippen LogP contribution in [-0.2, 0) is 4.79 Å². The van der Waals surface area contributed by atoms with Crippen LogP contribution in [0.3, 0.4) is 0 Å². The van der Waals surface area contributed by atoms with Crippen LogP contribution in [0.1, 0.15) is 12.8 Å². The summed E-state index contributed by atoms with van der Waals surface area (Å²) in [6, 6.07) is 1.58. The summed E-state index contributed by atoms with van der Waals surface area (Å²) in [6.07, 6.45) is 3.54. The molecule has 1 amide bonds. The highest BCUT2D eigenvalue weighted by atomic mass is 16.2. The van der Waals surface area contributed by atoms with Crippen molar-refractivity contribution in [3.63, 3.8) is 0 Å². The lowest BCUT2D eigenvalue weighted by atomic mass is 10.2. The maximum Gasteiger partial charge on any atom is 0.227 e. The first-order valence-corrected chi connectivity index (χ1v) is 4.23. The normalized spacial score (nSPS) is 25.8. The number of nitrogens with zero attached hydrogens (tertiary/aromatic N) is 1. The van der Waals surface area contributed by atoms with Crippen molar-refractivity contribution < 1.29 is 4.79 Å². The summed E-state index contributed by atoms with van der Waals surface area (Å²) >= 11 is 0. The Morgan fingerprint density at radius 3 is 3.08 bits per heavy atom. The van der Waals surface area contributed by atoms with Crippen molar-refractivity contribution in [1.29, 1.82) is 5.26 Å². The highest BCUT2D eigenvalue weighted by Gasteiger charge is 2.31. The molecule has 3 N–H and O–H groups in total. The Morgan fingerprint density at radius 2 is 2.46 bits per heavy atom. The summed E-state index contributed by atoms with van der Waals surface area (Å²) < 4.78 is 0. The predicted octanol–water partition coefficient (Wildman–Crippen LogP) is -0.646. The molecule has 1 aliphatic heterocycles. The molecule has 1 aliphatic carbocycles. The van der Waals surface area contributed by atoms with Crippen LogP contribution in [-0.4, -0.2) is 11.9 Å². The van der Waals surface area contributed by atoms with Crippen molar-refractivity contribution in [2.24, 2.45) is 5.92 Å². The Morgan fingerprint density at radius 1 is 1.69 bits per heavy atom. The number of nitriles is 1. The maximum absolute atomic E-state index is 11.3. The van der Waals surface area contributed by atoms with E-state index >= 15 is 0 Å². The molecule has 0 saturated heterocycles. The van der Waals surface area contributed by atoms with Crippen LogP contribution in [0.2, 0.25) is 0 Å². The summed E-state index contributed by atoms with van der Waals surface area (Å²) in [6.45, 7) is 0. The maximum atomic E-state index is 11.3. The minimum Gasteiger partial charge on any atom is -0.326 e. The molecule has 1 fully saturated rings. The number of hydrazine groups is 1. The molecule has 2 aliphatic rings. The second-order valence-corrected chi connectivity index (χ2v) is 3.21. The third-order valence-corrected chi connectivity index (χ3v) is 2.11. The number of carbonyl (C=O) groups excluding carboxylic acids is 1. The van der Waals surface area contributed by atoms with Gasteiger partial charge in [0.1, 0.15) is 0 Å². The van der Waals surface area contributed by atoms with Gasteiger partial charge in [-0.3, -0.25) is 4.79 Å². The van der Waals surface area contributed by atoms with E-state index in [1.165, 1.54) is 0 Å². The smallest absolute Gasteiger partial charge is 0.227 e. The Balaban J connectivity index is 1.93. The summed E-state index contributed by atoms with van der Waals surface area (Å²) in [4.78, 5) is 11.3. The molecule has 1 unspecified atom stereocenters. The first kappa shape index (κ1) is 8.08. The Bertz CT molecular complexity index is 300. The number of carbonyl (C=O) groups is 1. The van der Waals surface area contributed by atoms with Crippen LogP contribution in [0.5, 0.6) is 0 Å². The largest absolute Gasteiger partial charge is 0.326 e. The molecule has 0 aromatic heterocycles. The third kappa shape index (κ3) is 1.63. The fourth-order valence-electron chi connectivity index (χ4n) is 1.16. The van der Waals surface area contributed by atoms with E-state index < -0.39 is 6.04 Å². The summed E-state index contributed by atoms with van der Waals surface area (Å²) in [5, 5.41) is 11.4. The fraction of sp³-hybridized carbons (Fsp3) is 0.500. The molecule has 5 nitrogen and oxygen atoms in total. The van der Waals surface area contributed by atoms with E-state index in [0.29, 0.717) is 5.70 Å². The third-order valence-electron chi connectivity index (χ3n) is 2.11. The molecule has 1 atom stereocenters. The van der Waals surface area contributed by atoms with Crippen LogP contribution in [0.25, 0.3) is 0 Å². The zero-order valence-electron chi connectivity index (χ0n) is 7.00. The Hall–Kier alpha value is -1.54. The lowest BCUT2D eigenvalue weighted by molar-refractivity contribution is -0.121. The zero-order chi connectivity index (χ0) is 9.26. The topological polar surface area (TPSA) is 77.0 Å². The average Bonchev–Trinajstić information content (AvgIpc) is 2.88. The van der Waals surface area contributed by atoms with Crippen molar-refractivity contribution >= 4 is 5.91 Å². The highest BCUT2D eigenvalue weighted by Crippen LogP contribution is 2.29. The standard InChI is InChI=1S/C8H10N4O/c9-3-6-7(4-10-12-6)11-8(13)5-1-2-5/h4-6,10,12H,1-2H2,(H,11,13). The molecular weight excluding hydrogens is 168 g/mol.